The van der Waals surface area contributed by atoms with Crippen molar-refractivity contribution in [2.24, 2.45) is 7.05 Å². The van der Waals surface area contributed by atoms with Crippen LogP contribution in [0.25, 0.3) is 0 Å². The zero-order chi connectivity index (χ0) is 14.0. The summed E-state index contributed by atoms with van der Waals surface area (Å²) in [5.74, 6) is -0.534. The second kappa shape index (κ2) is 5.27. The summed E-state index contributed by atoms with van der Waals surface area (Å²) in [7, 11) is 3.08. The molecular formula is C12H13ClN4O2. The minimum atomic E-state index is -0.534. The maximum atomic E-state index is 11.5. The average Bonchev–Trinajstić information content (AvgIpc) is 2.69. The molecule has 0 saturated heterocycles. The molecule has 0 atom stereocenters. The van der Waals surface area contributed by atoms with Crippen LogP contribution in [0.15, 0.2) is 24.5 Å². The van der Waals surface area contributed by atoms with Crippen LogP contribution in [-0.4, -0.2) is 27.2 Å². The molecule has 6 nitrogen and oxygen atoms in total. The van der Waals surface area contributed by atoms with Gasteiger partial charge in [-0.1, -0.05) is 11.6 Å². The lowest BCUT2D eigenvalue weighted by Gasteiger charge is -2.06. The molecule has 0 fully saturated rings. The zero-order valence-corrected chi connectivity index (χ0v) is 11.3. The van der Waals surface area contributed by atoms with E-state index in [2.05, 4.69) is 9.72 Å². The van der Waals surface area contributed by atoms with Gasteiger partial charge in [-0.3, -0.25) is 5.41 Å². The van der Waals surface area contributed by atoms with E-state index in [4.69, 9.17) is 17.0 Å². The van der Waals surface area contributed by atoms with Crippen molar-refractivity contribution in [3.8, 4) is 0 Å². The molecule has 0 radical (unpaired) electrons. The van der Waals surface area contributed by atoms with Gasteiger partial charge in [0.2, 0.25) is 5.62 Å². The predicted molar refractivity (Wildman–Crippen MR) is 68.9 cm³/mol. The van der Waals surface area contributed by atoms with E-state index in [1.807, 2.05) is 0 Å². The van der Waals surface area contributed by atoms with Crippen LogP contribution in [0, 0.1) is 5.41 Å². The van der Waals surface area contributed by atoms with Gasteiger partial charge in [-0.05, 0) is 17.7 Å². The van der Waals surface area contributed by atoms with Gasteiger partial charge in [0.1, 0.15) is 10.8 Å². The molecule has 0 aliphatic heterocycles. The van der Waals surface area contributed by atoms with E-state index in [1.54, 1.807) is 40.7 Å². The molecule has 100 valence electrons. The molecule has 0 aliphatic rings. The van der Waals surface area contributed by atoms with Crippen LogP contribution >= 0.6 is 11.6 Å². The van der Waals surface area contributed by atoms with E-state index in [9.17, 15) is 4.79 Å². The summed E-state index contributed by atoms with van der Waals surface area (Å²) in [6.07, 6.45) is 3.57. The number of hydrogen-bond acceptors (Lipinski definition) is 4. The minimum Gasteiger partial charge on any atom is -0.464 e. The lowest BCUT2D eigenvalue weighted by molar-refractivity contribution is 0.0594. The standard InChI is InChI=1S/C12H13ClN4O2/c1-16-3-4-17(12(16)14)7-8-5-9(11(18)19-2)15-10(13)6-8/h3-6,14H,7H2,1-2H3. The summed E-state index contributed by atoms with van der Waals surface area (Å²) in [5, 5.41) is 8.06. The Morgan fingerprint density at radius 2 is 2.21 bits per heavy atom. The number of aromatic nitrogens is 3. The monoisotopic (exact) mass is 280 g/mol. The number of carbonyl (C=O) groups excluding carboxylic acids is 1. The number of carbonyl (C=O) groups is 1. The number of esters is 1. The lowest BCUT2D eigenvalue weighted by atomic mass is 10.2. The molecule has 0 spiro atoms. The summed E-state index contributed by atoms with van der Waals surface area (Å²) < 4.78 is 8.03. The molecule has 0 amide bonds. The summed E-state index contributed by atoms with van der Waals surface area (Å²) in [5.41, 5.74) is 1.30. The van der Waals surface area contributed by atoms with Gasteiger partial charge in [0, 0.05) is 19.4 Å². The second-order valence-electron chi connectivity index (χ2n) is 4.04. The number of nitrogens with one attached hydrogen (secondary N) is 1. The molecule has 0 bridgehead atoms. The third-order valence-corrected chi connectivity index (χ3v) is 2.87. The fourth-order valence-corrected chi connectivity index (χ4v) is 1.93. The van der Waals surface area contributed by atoms with Gasteiger partial charge in [-0.25, -0.2) is 9.78 Å². The highest BCUT2D eigenvalue weighted by molar-refractivity contribution is 6.29. The van der Waals surface area contributed by atoms with Gasteiger partial charge in [-0.15, -0.1) is 0 Å². The van der Waals surface area contributed by atoms with Crippen molar-refractivity contribution in [1.82, 2.24) is 14.1 Å². The maximum absolute atomic E-state index is 11.5. The van der Waals surface area contributed by atoms with E-state index >= 15 is 0 Å². The third-order valence-electron chi connectivity index (χ3n) is 2.68. The van der Waals surface area contributed by atoms with Gasteiger partial charge in [-0.2, -0.15) is 0 Å². The Hall–Kier alpha value is -2.08. The fourth-order valence-electron chi connectivity index (χ4n) is 1.70. The number of rotatable bonds is 3. The first kappa shape index (κ1) is 13.4. The van der Waals surface area contributed by atoms with Crippen LogP contribution in [0.2, 0.25) is 5.15 Å². The van der Waals surface area contributed by atoms with E-state index < -0.39 is 5.97 Å². The topological polar surface area (TPSA) is 72.9 Å². The Labute approximate surface area is 114 Å². The number of methoxy groups -OCH3 is 1. The highest BCUT2D eigenvalue weighted by Gasteiger charge is 2.10. The third kappa shape index (κ3) is 2.85. The summed E-state index contributed by atoms with van der Waals surface area (Å²) in [4.78, 5) is 15.4. The molecule has 0 saturated carbocycles. The Kier molecular flexibility index (Phi) is 3.71. The Morgan fingerprint density at radius 1 is 1.47 bits per heavy atom. The molecule has 19 heavy (non-hydrogen) atoms. The molecular weight excluding hydrogens is 268 g/mol. The van der Waals surface area contributed by atoms with Gasteiger partial charge in [0.05, 0.1) is 13.7 Å². The summed E-state index contributed by atoms with van der Waals surface area (Å²) in [6.45, 7) is 0.436. The van der Waals surface area contributed by atoms with Gasteiger partial charge in [0.15, 0.2) is 0 Å². The van der Waals surface area contributed by atoms with Gasteiger partial charge in [0.25, 0.3) is 0 Å². The van der Waals surface area contributed by atoms with Crippen molar-refractivity contribution in [3.05, 3.63) is 46.6 Å². The van der Waals surface area contributed by atoms with E-state index in [-0.39, 0.29) is 10.8 Å². The summed E-state index contributed by atoms with van der Waals surface area (Å²) in [6, 6.07) is 3.27. The molecule has 2 aromatic heterocycles. The molecule has 0 unspecified atom stereocenters. The van der Waals surface area contributed by atoms with Gasteiger partial charge < -0.3 is 13.9 Å². The van der Waals surface area contributed by atoms with Crippen LogP contribution in [0.1, 0.15) is 16.1 Å². The zero-order valence-electron chi connectivity index (χ0n) is 10.6. The first-order valence-corrected chi connectivity index (χ1v) is 5.90. The van der Waals surface area contributed by atoms with Crippen LogP contribution in [0.5, 0.6) is 0 Å². The highest BCUT2D eigenvalue weighted by Crippen LogP contribution is 2.12. The minimum absolute atomic E-state index is 0.160. The van der Waals surface area contributed by atoms with E-state index in [0.717, 1.165) is 5.56 Å². The smallest absolute Gasteiger partial charge is 0.356 e. The number of aryl methyl sites for hydroxylation is 1. The molecule has 7 heteroatoms. The summed E-state index contributed by atoms with van der Waals surface area (Å²) >= 11 is 5.88. The first-order chi connectivity index (χ1) is 9.01. The Bertz CT molecular complexity index is 675. The van der Waals surface area contributed by atoms with Crippen molar-refractivity contribution < 1.29 is 9.53 Å². The van der Waals surface area contributed by atoms with Crippen molar-refractivity contribution >= 4 is 17.6 Å². The van der Waals surface area contributed by atoms with Crippen molar-refractivity contribution in [2.75, 3.05) is 7.11 Å². The van der Waals surface area contributed by atoms with E-state index in [1.165, 1.54) is 7.11 Å². The quantitative estimate of drug-likeness (QED) is 0.678. The largest absolute Gasteiger partial charge is 0.464 e. The molecule has 2 aromatic rings. The predicted octanol–water partition coefficient (Wildman–Crippen LogP) is 1.19. The van der Waals surface area contributed by atoms with Crippen LogP contribution in [-0.2, 0) is 18.3 Å². The maximum Gasteiger partial charge on any atom is 0.356 e. The van der Waals surface area contributed by atoms with Crippen LogP contribution in [0.4, 0.5) is 0 Å². The molecule has 0 aromatic carbocycles. The number of halogens is 1. The average molecular weight is 281 g/mol. The first-order valence-electron chi connectivity index (χ1n) is 5.52. The Morgan fingerprint density at radius 3 is 2.79 bits per heavy atom. The van der Waals surface area contributed by atoms with Crippen molar-refractivity contribution in [3.63, 3.8) is 0 Å². The van der Waals surface area contributed by atoms with Crippen LogP contribution in [0.3, 0.4) is 0 Å². The number of pyridine rings is 1. The lowest BCUT2D eigenvalue weighted by Crippen LogP contribution is -2.22. The SMILES string of the molecule is COC(=O)c1cc(Cn2ccn(C)c2=N)cc(Cl)n1. The van der Waals surface area contributed by atoms with E-state index in [0.29, 0.717) is 12.2 Å². The normalized spacial score (nSPS) is 10.5. The Balaban J connectivity index is 2.35. The van der Waals surface area contributed by atoms with Gasteiger partial charge >= 0.3 is 5.97 Å². The number of imidazole rings is 1. The fraction of sp³-hybridized carbons (Fsp3) is 0.250. The van der Waals surface area contributed by atoms with Crippen molar-refractivity contribution in [1.29, 1.82) is 5.41 Å². The highest BCUT2D eigenvalue weighted by atomic mass is 35.5. The molecule has 0 aliphatic carbocycles. The number of nitrogens with zero attached hydrogens (tertiary/aromatic N) is 3. The number of ether oxygens (including phenoxy) is 1. The molecule has 2 heterocycles. The van der Waals surface area contributed by atoms with Crippen molar-refractivity contribution in [2.45, 2.75) is 6.54 Å². The van der Waals surface area contributed by atoms with Crippen LogP contribution < -0.4 is 5.62 Å². The molecule has 2 rings (SSSR count). The second-order valence-corrected chi connectivity index (χ2v) is 4.42. The number of hydrogen-bond donors (Lipinski definition) is 1. The molecule has 1 N–H and O–H groups in total.